The Bertz CT molecular complexity index is 473. The predicted octanol–water partition coefficient (Wildman–Crippen LogP) is 2.24. The molecule has 6 heteroatoms. The van der Waals surface area contributed by atoms with Gasteiger partial charge < -0.3 is 19.3 Å². The molecule has 0 spiro atoms. The number of hydrogen-bond donors (Lipinski definition) is 1. The smallest absolute Gasteiger partial charge is 0.339 e. The second kappa shape index (κ2) is 6.77. The van der Waals surface area contributed by atoms with Crippen LogP contribution in [0.1, 0.15) is 24.2 Å². The summed E-state index contributed by atoms with van der Waals surface area (Å²) in [4.78, 5) is 11.5. The first-order valence-corrected chi connectivity index (χ1v) is 6.50. The Kier molecular flexibility index (Phi) is 5.62. The first-order valence-electron chi connectivity index (χ1n) is 5.70. The van der Waals surface area contributed by atoms with E-state index in [0.29, 0.717) is 33.5 Å². The van der Waals surface area contributed by atoms with Crippen LogP contribution in [0.3, 0.4) is 0 Å². The Morgan fingerprint density at radius 1 is 1.37 bits per heavy atom. The van der Waals surface area contributed by atoms with E-state index in [1.807, 2.05) is 6.92 Å². The fourth-order valence-corrected chi connectivity index (χ4v) is 2.59. The standard InChI is InChI=1S/C13H17BrO5/c1-5-7-10(11(15)13(16)19-4)8(14)6-9(17-2)12(7)18-3/h6,11,15H,5H2,1-4H3. The fourth-order valence-electron chi connectivity index (χ4n) is 1.93. The Hall–Kier alpha value is -1.27. The van der Waals surface area contributed by atoms with Crippen molar-refractivity contribution in [3.63, 3.8) is 0 Å². The largest absolute Gasteiger partial charge is 0.493 e. The average Bonchev–Trinajstić information content (AvgIpc) is 2.43. The minimum absolute atomic E-state index is 0.437. The molecule has 0 saturated heterocycles. The topological polar surface area (TPSA) is 65.0 Å². The quantitative estimate of drug-likeness (QED) is 0.837. The molecule has 0 bridgehead atoms. The zero-order chi connectivity index (χ0) is 14.6. The van der Waals surface area contributed by atoms with Crippen molar-refractivity contribution in [3.05, 3.63) is 21.7 Å². The number of ether oxygens (including phenoxy) is 3. The van der Waals surface area contributed by atoms with Crippen molar-refractivity contribution in [2.75, 3.05) is 21.3 Å². The normalized spacial score (nSPS) is 11.9. The SMILES string of the molecule is CCc1c(OC)c(OC)cc(Br)c1C(O)C(=O)OC. The van der Waals surface area contributed by atoms with Gasteiger partial charge in [-0.1, -0.05) is 22.9 Å². The lowest BCUT2D eigenvalue weighted by Crippen LogP contribution is -2.16. The van der Waals surface area contributed by atoms with E-state index in [-0.39, 0.29) is 0 Å². The molecule has 0 aliphatic heterocycles. The number of rotatable bonds is 5. The molecular weight excluding hydrogens is 316 g/mol. The van der Waals surface area contributed by atoms with Crippen LogP contribution < -0.4 is 9.47 Å². The Morgan fingerprint density at radius 2 is 2.00 bits per heavy atom. The third-order valence-electron chi connectivity index (χ3n) is 2.81. The van der Waals surface area contributed by atoms with Crippen molar-refractivity contribution in [1.82, 2.24) is 0 Å². The lowest BCUT2D eigenvalue weighted by atomic mass is 9.98. The number of halogens is 1. The molecule has 0 radical (unpaired) electrons. The molecule has 106 valence electrons. The first kappa shape index (κ1) is 15.8. The molecule has 19 heavy (non-hydrogen) atoms. The number of benzene rings is 1. The minimum Gasteiger partial charge on any atom is -0.493 e. The van der Waals surface area contributed by atoms with Gasteiger partial charge >= 0.3 is 5.97 Å². The van der Waals surface area contributed by atoms with E-state index in [0.717, 1.165) is 0 Å². The number of carbonyl (C=O) groups excluding carboxylic acids is 1. The van der Waals surface area contributed by atoms with Gasteiger partial charge in [-0.3, -0.25) is 0 Å². The van der Waals surface area contributed by atoms with Crippen molar-refractivity contribution >= 4 is 21.9 Å². The van der Waals surface area contributed by atoms with Gasteiger partial charge in [0.05, 0.1) is 21.3 Å². The van der Waals surface area contributed by atoms with Crippen LogP contribution in [-0.2, 0) is 16.0 Å². The summed E-state index contributed by atoms with van der Waals surface area (Å²) in [6.07, 6.45) is -0.795. The highest BCUT2D eigenvalue weighted by Gasteiger charge is 2.27. The summed E-state index contributed by atoms with van der Waals surface area (Å²) in [5, 5.41) is 10.1. The Balaban J connectivity index is 3.50. The molecule has 0 aliphatic carbocycles. The molecule has 1 atom stereocenters. The number of methoxy groups -OCH3 is 3. The Morgan fingerprint density at radius 3 is 2.42 bits per heavy atom. The van der Waals surface area contributed by atoms with Gasteiger partial charge in [0.2, 0.25) is 0 Å². The summed E-state index contributed by atoms with van der Waals surface area (Å²) in [5.41, 5.74) is 1.14. The number of carbonyl (C=O) groups is 1. The van der Waals surface area contributed by atoms with Gasteiger partial charge in [0.15, 0.2) is 17.6 Å². The van der Waals surface area contributed by atoms with Crippen molar-refractivity contribution in [3.8, 4) is 11.5 Å². The molecule has 1 aromatic carbocycles. The van der Waals surface area contributed by atoms with E-state index in [4.69, 9.17) is 9.47 Å². The molecular formula is C13H17BrO5. The lowest BCUT2D eigenvalue weighted by Gasteiger charge is -2.20. The first-order chi connectivity index (χ1) is 9.01. The summed E-state index contributed by atoms with van der Waals surface area (Å²) in [6, 6.07) is 1.65. The van der Waals surface area contributed by atoms with Crippen LogP contribution in [0.4, 0.5) is 0 Å². The Labute approximate surface area is 120 Å². The van der Waals surface area contributed by atoms with E-state index in [9.17, 15) is 9.90 Å². The predicted molar refractivity (Wildman–Crippen MR) is 73.6 cm³/mol. The summed E-state index contributed by atoms with van der Waals surface area (Å²) < 4.78 is 15.7. The van der Waals surface area contributed by atoms with E-state index in [1.54, 1.807) is 6.07 Å². The molecule has 0 saturated carbocycles. The summed E-state index contributed by atoms with van der Waals surface area (Å²) in [7, 11) is 4.27. The molecule has 0 heterocycles. The van der Waals surface area contributed by atoms with Crippen LogP contribution >= 0.6 is 15.9 Å². The second-order valence-corrected chi connectivity index (χ2v) is 4.62. The van der Waals surface area contributed by atoms with E-state index >= 15 is 0 Å². The second-order valence-electron chi connectivity index (χ2n) is 3.77. The molecule has 1 unspecified atom stereocenters. The van der Waals surface area contributed by atoms with Crippen LogP contribution in [0.15, 0.2) is 10.5 Å². The van der Waals surface area contributed by atoms with Gasteiger partial charge in [-0.05, 0) is 12.5 Å². The van der Waals surface area contributed by atoms with Gasteiger partial charge in [-0.2, -0.15) is 0 Å². The van der Waals surface area contributed by atoms with Crippen LogP contribution in [0.5, 0.6) is 11.5 Å². The average molecular weight is 333 g/mol. The maximum atomic E-state index is 11.5. The van der Waals surface area contributed by atoms with Crippen LogP contribution in [0.2, 0.25) is 0 Å². The summed E-state index contributed by atoms with van der Waals surface area (Å²) >= 11 is 3.34. The van der Waals surface area contributed by atoms with Gasteiger partial charge in [0.1, 0.15) is 0 Å². The number of aliphatic hydroxyl groups excluding tert-OH is 1. The zero-order valence-corrected chi connectivity index (χ0v) is 12.9. The number of hydrogen-bond acceptors (Lipinski definition) is 5. The minimum atomic E-state index is -1.37. The van der Waals surface area contributed by atoms with Crippen LogP contribution in [-0.4, -0.2) is 32.4 Å². The molecule has 0 aromatic heterocycles. The van der Waals surface area contributed by atoms with Crippen molar-refractivity contribution < 1.29 is 24.1 Å². The van der Waals surface area contributed by atoms with E-state index in [1.165, 1.54) is 21.3 Å². The third kappa shape index (κ3) is 3.01. The van der Waals surface area contributed by atoms with Crippen LogP contribution in [0.25, 0.3) is 0 Å². The zero-order valence-electron chi connectivity index (χ0n) is 11.3. The summed E-state index contributed by atoms with van der Waals surface area (Å²) in [5.74, 6) is 0.320. The highest BCUT2D eigenvalue weighted by atomic mass is 79.9. The fraction of sp³-hybridized carbons (Fsp3) is 0.462. The molecule has 0 amide bonds. The van der Waals surface area contributed by atoms with E-state index in [2.05, 4.69) is 20.7 Å². The molecule has 1 N–H and O–H groups in total. The number of aliphatic hydroxyl groups is 1. The molecule has 5 nitrogen and oxygen atoms in total. The van der Waals surface area contributed by atoms with Gasteiger partial charge in [0, 0.05) is 15.6 Å². The third-order valence-corrected chi connectivity index (χ3v) is 3.47. The summed E-state index contributed by atoms with van der Waals surface area (Å²) in [6.45, 7) is 1.90. The van der Waals surface area contributed by atoms with Crippen molar-refractivity contribution in [2.45, 2.75) is 19.4 Å². The highest BCUT2D eigenvalue weighted by molar-refractivity contribution is 9.10. The molecule has 1 aromatic rings. The monoisotopic (exact) mass is 332 g/mol. The van der Waals surface area contributed by atoms with Gasteiger partial charge in [-0.15, -0.1) is 0 Å². The lowest BCUT2D eigenvalue weighted by molar-refractivity contribution is -0.150. The van der Waals surface area contributed by atoms with Crippen molar-refractivity contribution in [2.24, 2.45) is 0 Å². The number of esters is 1. The van der Waals surface area contributed by atoms with Gasteiger partial charge in [0.25, 0.3) is 0 Å². The van der Waals surface area contributed by atoms with Crippen molar-refractivity contribution in [1.29, 1.82) is 0 Å². The maximum absolute atomic E-state index is 11.5. The molecule has 0 aliphatic rings. The van der Waals surface area contributed by atoms with Crippen LogP contribution in [0, 0.1) is 0 Å². The van der Waals surface area contributed by atoms with E-state index < -0.39 is 12.1 Å². The molecule has 1 rings (SSSR count). The molecule has 0 fully saturated rings. The highest BCUT2D eigenvalue weighted by Crippen LogP contribution is 2.41. The van der Waals surface area contributed by atoms with Gasteiger partial charge in [-0.25, -0.2) is 4.79 Å². The maximum Gasteiger partial charge on any atom is 0.339 e.